The largest absolute Gasteiger partial charge is 0.218 e. The van der Waals surface area contributed by atoms with Gasteiger partial charge in [-0.05, 0) is 35.9 Å². The standard InChI is InChI=1S/C15H10FNO2S/c16-13-8-6-12(7-9-13)10-15(11-17)20(18,19)14-4-2-1-3-5-14/h1-10H. The van der Waals surface area contributed by atoms with Gasteiger partial charge in [0, 0.05) is 0 Å². The van der Waals surface area contributed by atoms with Gasteiger partial charge in [-0.3, -0.25) is 0 Å². The molecule has 0 bridgehead atoms. The van der Waals surface area contributed by atoms with Crippen LogP contribution in [0.2, 0.25) is 0 Å². The Bertz CT molecular complexity index is 773. The van der Waals surface area contributed by atoms with Gasteiger partial charge in [-0.25, -0.2) is 12.8 Å². The zero-order valence-electron chi connectivity index (χ0n) is 10.3. The summed E-state index contributed by atoms with van der Waals surface area (Å²) in [4.78, 5) is -0.329. The molecule has 2 aromatic carbocycles. The minimum absolute atomic E-state index is 0.0508. The van der Waals surface area contributed by atoms with Gasteiger partial charge in [-0.2, -0.15) is 5.26 Å². The molecular weight excluding hydrogens is 277 g/mol. The van der Waals surface area contributed by atoms with Gasteiger partial charge in [0.05, 0.1) is 4.90 Å². The fourth-order valence-electron chi connectivity index (χ4n) is 1.61. The van der Waals surface area contributed by atoms with Crippen molar-refractivity contribution in [1.82, 2.24) is 0 Å². The number of benzene rings is 2. The molecule has 100 valence electrons. The number of allylic oxidation sites excluding steroid dienone is 1. The van der Waals surface area contributed by atoms with Gasteiger partial charge in [0.2, 0.25) is 9.84 Å². The van der Waals surface area contributed by atoms with E-state index in [1.807, 2.05) is 0 Å². The number of halogens is 1. The van der Waals surface area contributed by atoms with E-state index in [-0.39, 0.29) is 9.80 Å². The Morgan fingerprint density at radius 3 is 2.20 bits per heavy atom. The molecule has 0 spiro atoms. The highest BCUT2D eigenvalue weighted by atomic mass is 32.2. The predicted octanol–water partition coefficient (Wildman–Crippen LogP) is 3.16. The lowest BCUT2D eigenvalue weighted by Gasteiger charge is -2.02. The molecule has 0 saturated carbocycles. The van der Waals surface area contributed by atoms with Crippen molar-refractivity contribution in [2.24, 2.45) is 0 Å². The first-order valence-corrected chi connectivity index (χ1v) is 7.20. The molecule has 2 rings (SSSR count). The van der Waals surface area contributed by atoms with Crippen LogP contribution >= 0.6 is 0 Å². The minimum Gasteiger partial charge on any atom is -0.218 e. The minimum atomic E-state index is -3.85. The number of nitrogens with zero attached hydrogens (tertiary/aromatic N) is 1. The van der Waals surface area contributed by atoms with E-state index in [2.05, 4.69) is 0 Å². The van der Waals surface area contributed by atoms with Crippen molar-refractivity contribution in [2.45, 2.75) is 4.90 Å². The van der Waals surface area contributed by atoms with Gasteiger partial charge in [-0.15, -0.1) is 0 Å². The first-order valence-electron chi connectivity index (χ1n) is 5.71. The van der Waals surface area contributed by atoms with Crippen LogP contribution in [0, 0.1) is 17.1 Å². The first-order chi connectivity index (χ1) is 9.54. The van der Waals surface area contributed by atoms with Gasteiger partial charge in [0.25, 0.3) is 0 Å². The number of hydrogen-bond donors (Lipinski definition) is 0. The highest BCUT2D eigenvalue weighted by molar-refractivity contribution is 7.95. The third-order valence-electron chi connectivity index (χ3n) is 2.62. The van der Waals surface area contributed by atoms with Crippen LogP contribution in [0.25, 0.3) is 6.08 Å². The highest BCUT2D eigenvalue weighted by Crippen LogP contribution is 2.20. The van der Waals surface area contributed by atoms with Gasteiger partial charge in [0.15, 0.2) is 0 Å². The maximum Gasteiger partial charge on any atom is 0.216 e. The summed E-state index contributed by atoms with van der Waals surface area (Å²) in [5.41, 5.74) is 0.447. The molecule has 0 unspecified atom stereocenters. The summed E-state index contributed by atoms with van der Waals surface area (Å²) in [6.07, 6.45) is 1.22. The Labute approximate surface area is 116 Å². The van der Waals surface area contributed by atoms with Crippen LogP contribution in [-0.2, 0) is 9.84 Å². The van der Waals surface area contributed by atoms with Crippen LogP contribution in [-0.4, -0.2) is 8.42 Å². The maximum absolute atomic E-state index is 12.8. The smallest absolute Gasteiger partial charge is 0.216 e. The van der Waals surface area contributed by atoms with E-state index in [0.29, 0.717) is 5.56 Å². The van der Waals surface area contributed by atoms with Gasteiger partial charge in [0.1, 0.15) is 16.8 Å². The average Bonchev–Trinajstić information content (AvgIpc) is 2.47. The lowest BCUT2D eigenvalue weighted by atomic mass is 10.2. The highest BCUT2D eigenvalue weighted by Gasteiger charge is 2.20. The molecule has 3 nitrogen and oxygen atoms in total. The Morgan fingerprint density at radius 1 is 1.05 bits per heavy atom. The van der Waals surface area contributed by atoms with Crippen molar-refractivity contribution >= 4 is 15.9 Å². The fourth-order valence-corrected chi connectivity index (χ4v) is 2.79. The van der Waals surface area contributed by atoms with Crippen molar-refractivity contribution < 1.29 is 12.8 Å². The zero-order chi connectivity index (χ0) is 14.6. The number of nitriles is 1. The molecule has 0 aliphatic rings. The monoisotopic (exact) mass is 287 g/mol. The predicted molar refractivity (Wildman–Crippen MR) is 73.6 cm³/mol. The quantitative estimate of drug-likeness (QED) is 0.815. The Hall–Kier alpha value is -2.45. The second kappa shape index (κ2) is 5.68. The van der Waals surface area contributed by atoms with Crippen LogP contribution in [0.4, 0.5) is 4.39 Å². The molecule has 2 aromatic rings. The maximum atomic E-state index is 12.8. The second-order valence-electron chi connectivity index (χ2n) is 3.99. The molecule has 0 saturated heterocycles. The van der Waals surface area contributed by atoms with Gasteiger partial charge in [-0.1, -0.05) is 30.3 Å². The molecular formula is C15H10FNO2S. The topological polar surface area (TPSA) is 57.9 Å². The molecule has 5 heteroatoms. The lowest BCUT2D eigenvalue weighted by molar-refractivity contribution is 0.603. The van der Waals surface area contributed by atoms with Crippen LogP contribution < -0.4 is 0 Å². The number of sulfone groups is 1. The van der Waals surface area contributed by atoms with Crippen molar-refractivity contribution in [1.29, 1.82) is 5.26 Å². The molecule has 20 heavy (non-hydrogen) atoms. The van der Waals surface area contributed by atoms with E-state index in [4.69, 9.17) is 5.26 Å². The molecule has 0 heterocycles. The van der Waals surface area contributed by atoms with Crippen molar-refractivity contribution in [2.75, 3.05) is 0 Å². The second-order valence-corrected chi connectivity index (χ2v) is 5.91. The molecule has 0 amide bonds. The summed E-state index contributed by atoms with van der Waals surface area (Å²) in [7, 11) is -3.85. The summed E-state index contributed by atoms with van der Waals surface area (Å²) in [6, 6.07) is 14.6. The normalized spacial score (nSPS) is 11.9. The van der Waals surface area contributed by atoms with E-state index in [9.17, 15) is 12.8 Å². The number of rotatable bonds is 3. The molecule has 0 aromatic heterocycles. The molecule has 0 aliphatic carbocycles. The molecule has 0 fully saturated rings. The van der Waals surface area contributed by atoms with Crippen molar-refractivity contribution in [3.8, 4) is 6.07 Å². The van der Waals surface area contributed by atoms with Crippen molar-refractivity contribution in [3.05, 3.63) is 70.9 Å². The summed E-state index contributed by atoms with van der Waals surface area (Å²) in [5, 5.41) is 9.07. The van der Waals surface area contributed by atoms with E-state index in [1.54, 1.807) is 24.3 Å². The summed E-state index contributed by atoms with van der Waals surface area (Å²) in [5.74, 6) is -0.424. The van der Waals surface area contributed by atoms with Gasteiger partial charge >= 0.3 is 0 Å². The van der Waals surface area contributed by atoms with Crippen LogP contribution in [0.5, 0.6) is 0 Å². The molecule has 0 N–H and O–H groups in total. The van der Waals surface area contributed by atoms with Crippen molar-refractivity contribution in [3.63, 3.8) is 0 Å². The first kappa shape index (κ1) is 14.0. The molecule has 0 atom stereocenters. The lowest BCUT2D eigenvalue weighted by Crippen LogP contribution is -2.03. The number of hydrogen-bond acceptors (Lipinski definition) is 3. The van der Waals surface area contributed by atoms with E-state index >= 15 is 0 Å². The van der Waals surface area contributed by atoms with Crippen LogP contribution in [0.1, 0.15) is 5.56 Å². The summed E-state index contributed by atoms with van der Waals surface area (Å²) >= 11 is 0. The summed E-state index contributed by atoms with van der Waals surface area (Å²) in [6.45, 7) is 0. The van der Waals surface area contributed by atoms with Crippen LogP contribution in [0.15, 0.2) is 64.4 Å². The average molecular weight is 287 g/mol. The van der Waals surface area contributed by atoms with Gasteiger partial charge < -0.3 is 0 Å². The van der Waals surface area contributed by atoms with E-state index < -0.39 is 15.7 Å². The third kappa shape index (κ3) is 2.92. The summed E-state index contributed by atoms with van der Waals surface area (Å²) < 4.78 is 37.3. The fraction of sp³-hybridized carbons (Fsp3) is 0. The Kier molecular flexibility index (Phi) is 3.97. The molecule has 0 radical (unpaired) electrons. The Balaban J connectivity index is 2.48. The zero-order valence-corrected chi connectivity index (χ0v) is 11.1. The Morgan fingerprint density at radius 2 is 1.65 bits per heavy atom. The van der Waals surface area contributed by atoms with E-state index in [1.165, 1.54) is 42.5 Å². The third-order valence-corrected chi connectivity index (χ3v) is 4.30. The SMILES string of the molecule is N#CC(=Cc1ccc(F)cc1)S(=O)(=O)c1ccccc1. The van der Waals surface area contributed by atoms with E-state index in [0.717, 1.165) is 0 Å². The molecule has 0 aliphatic heterocycles. The van der Waals surface area contributed by atoms with Crippen LogP contribution in [0.3, 0.4) is 0 Å².